The van der Waals surface area contributed by atoms with Gasteiger partial charge in [0.2, 0.25) is 0 Å². The van der Waals surface area contributed by atoms with Gasteiger partial charge in [-0.1, -0.05) is 18.2 Å². The first-order valence-electron chi connectivity index (χ1n) is 9.61. The Hall–Kier alpha value is -3.40. The van der Waals surface area contributed by atoms with Crippen molar-refractivity contribution in [3.63, 3.8) is 0 Å². The Kier molecular flexibility index (Phi) is 5.71. The molecule has 3 aromatic rings. The first kappa shape index (κ1) is 18.9. The molecule has 0 radical (unpaired) electrons. The van der Waals surface area contributed by atoms with Crippen molar-refractivity contribution in [1.29, 1.82) is 0 Å². The number of tetrazole rings is 1. The summed E-state index contributed by atoms with van der Waals surface area (Å²) in [7, 11) is 0. The van der Waals surface area contributed by atoms with Crippen molar-refractivity contribution >= 4 is 11.5 Å². The average molecular weight is 394 g/mol. The van der Waals surface area contributed by atoms with Gasteiger partial charge in [-0.05, 0) is 51.5 Å². The van der Waals surface area contributed by atoms with Gasteiger partial charge in [-0.25, -0.2) is 0 Å². The second-order valence-corrected chi connectivity index (χ2v) is 6.91. The quantitative estimate of drug-likeness (QED) is 0.440. The molecule has 1 saturated heterocycles. The first-order valence-corrected chi connectivity index (χ1v) is 9.61. The van der Waals surface area contributed by atoms with Crippen molar-refractivity contribution < 1.29 is 4.92 Å². The Morgan fingerprint density at radius 1 is 1.00 bits per heavy atom. The second-order valence-electron chi connectivity index (χ2n) is 6.91. The van der Waals surface area contributed by atoms with Crippen LogP contribution in [0, 0.1) is 10.1 Å². The van der Waals surface area contributed by atoms with E-state index in [4.69, 9.17) is 0 Å². The third-order valence-corrected chi connectivity index (χ3v) is 5.07. The molecule has 0 bridgehead atoms. The van der Waals surface area contributed by atoms with E-state index in [1.165, 1.54) is 6.07 Å². The summed E-state index contributed by atoms with van der Waals surface area (Å²) in [4.78, 5) is 18.8. The predicted molar refractivity (Wildman–Crippen MR) is 107 cm³/mol. The summed E-state index contributed by atoms with van der Waals surface area (Å²) in [6.07, 6.45) is 3.37. The molecule has 1 fully saturated rings. The van der Waals surface area contributed by atoms with Crippen LogP contribution < -0.4 is 4.90 Å². The molecule has 1 aliphatic rings. The van der Waals surface area contributed by atoms with E-state index in [9.17, 15) is 10.1 Å². The van der Waals surface area contributed by atoms with E-state index >= 15 is 0 Å². The number of para-hydroxylation sites is 1. The zero-order valence-electron chi connectivity index (χ0n) is 16.0. The van der Waals surface area contributed by atoms with Gasteiger partial charge in [0.25, 0.3) is 0 Å². The lowest BCUT2D eigenvalue weighted by atomic mass is 10.2. The van der Waals surface area contributed by atoms with Crippen molar-refractivity contribution in [3.8, 4) is 5.69 Å². The summed E-state index contributed by atoms with van der Waals surface area (Å²) >= 11 is 0. The first-order chi connectivity index (χ1) is 14.2. The van der Waals surface area contributed by atoms with Gasteiger partial charge in [-0.2, -0.15) is 4.68 Å². The van der Waals surface area contributed by atoms with Crippen molar-refractivity contribution in [3.05, 3.63) is 64.6 Å². The summed E-state index contributed by atoms with van der Waals surface area (Å²) in [5.41, 5.74) is 1.90. The summed E-state index contributed by atoms with van der Waals surface area (Å²) in [5.74, 6) is 0.747. The van der Waals surface area contributed by atoms with E-state index in [1.807, 2.05) is 30.3 Å². The second kappa shape index (κ2) is 8.74. The number of nitrogens with zero attached hydrogens (tertiary/aromatic N) is 8. The number of piperazine rings is 1. The smallest absolute Gasteiger partial charge is 0.363 e. The van der Waals surface area contributed by atoms with Gasteiger partial charge >= 0.3 is 5.82 Å². The summed E-state index contributed by atoms with van der Waals surface area (Å²) in [6.45, 7) is 4.62. The molecule has 0 aliphatic carbocycles. The fourth-order valence-electron chi connectivity index (χ4n) is 3.50. The van der Waals surface area contributed by atoms with Crippen LogP contribution in [0.25, 0.3) is 5.69 Å². The molecule has 4 rings (SSSR count). The highest BCUT2D eigenvalue weighted by Gasteiger charge is 2.19. The SMILES string of the molecule is O=[N+]([O-])c1ccc(N2CCN(CCCc3nnnn3-c3ccccc3)CC2)cn1. The molecule has 3 heterocycles. The number of pyridine rings is 1. The normalized spacial score (nSPS) is 14.8. The maximum absolute atomic E-state index is 10.7. The molecule has 29 heavy (non-hydrogen) atoms. The lowest BCUT2D eigenvalue weighted by Crippen LogP contribution is -2.46. The summed E-state index contributed by atoms with van der Waals surface area (Å²) < 4.78 is 1.79. The third kappa shape index (κ3) is 4.54. The number of hydrogen-bond acceptors (Lipinski definition) is 8. The molecule has 150 valence electrons. The van der Waals surface area contributed by atoms with Crippen LogP contribution in [0.5, 0.6) is 0 Å². The topological polar surface area (TPSA) is 106 Å². The van der Waals surface area contributed by atoms with Gasteiger partial charge in [0.05, 0.1) is 11.4 Å². The highest BCUT2D eigenvalue weighted by Crippen LogP contribution is 2.18. The minimum Gasteiger partial charge on any atom is -0.366 e. The van der Waals surface area contributed by atoms with Crippen LogP contribution in [-0.2, 0) is 6.42 Å². The molecule has 1 aliphatic heterocycles. The molecule has 0 unspecified atom stereocenters. The van der Waals surface area contributed by atoms with Gasteiger partial charge in [-0.15, -0.1) is 5.10 Å². The number of rotatable bonds is 7. The van der Waals surface area contributed by atoms with Crippen LogP contribution in [0.2, 0.25) is 0 Å². The lowest BCUT2D eigenvalue weighted by molar-refractivity contribution is -0.389. The molecule has 0 amide bonds. The van der Waals surface area contributed by atoms with Gasteiger partial charge in [0, 0.05) is 38.7 Å². The number of nitro groups is 1. The van der Waals surface area contributed by atoms with Gasteiger partial charge < -0.3 is 15.0 Å². The Bertz CT molecular complexity index is 936. The molecular formula is C19H22N8O2. The van der Waals surface area contributed by atoms with Crippen molar-refractivity contribution in [2.24, 2.45) is 0 Å². The minimum absolute atomic E-state index is 0.120. The van der Waals surface area contributed by atoms with E-state index in [2.05, 4.69) is 30.3 Å². The van der Waals surface area contributed by atoms with Crippen LogP contribution >= 0.6 is 0 Å². The molecule has 0 N–H and O–H groups in total. The highest BCUT2D eigenvalue weighted by molar-refractivity contribution is 5.46. The van der Waals surface area contributed by atoms with E-state index in [0.29, 0.717) is 0 Å². The Balaban J connectivity index is 1.25. The molecule has 0 atom stereocenters. The van der Waals surface area contributed by atoms with Crippen LogP contribution in [0.3, 0.4) is 0 Å². The third-order valence-electron chi connectivity index (χ3n) is 5.07. The van der Waals surface area contributed by atoms with Crippen LogP contribution in [-0.4, -0.2) is 67.7 Å². The zero-order chi connectivity index (χ0) is 20.1. The molecular weight excluding hydrogens is 372 g/mol. The summed E-state index contributed by atoms with van der Waals surface area (Å²) in [5, 5.41) is 22.8. The Morgan fingerprint density at radius 3 is 2.48 bits per heavy atom. The van der Waals surface area contributed by atoms with E-state index < -0.39 is 4.92 Å². The number of aromatic nitrogens is 5. The van der Waals surface area contributed by atoms with Crippen LogP contribution in [0.15, 0.2) is 48.7 Å². The Morgan fingerprint density at radius 2 is 1.79 bits per heavy atom. The molecule has 10 heteroatoms. The maximum atomic E-state index is 10.7. The number of benzene rings is 1. The molecule has 10 nitrogen and oxygen atoms in total. The van der Waals surface area contributed by atoms with E-state index in [-0.39, 0.29) is 5.82 Å². The minimum atomic E-state index is -0.476. The largest absolute Gasteiger partial charge is 0.366 e. The fraction of sp³-hybridized carbons (Fsp3) is 0.368. The number of hydrogen-bond donors (Lipinski definition) is 0. The molecule has 0 spiro atoms. The maximum Gasteiger partial charge on any atom is 0.363 e. The number of anilines is 1. The standard InChI is InChI=1S/C19H22N8O2/c28-27(29)18-9-8-17(15-20-18)25-13-11-24(12-14-25)10-4-7-19-21-22-23-26(19)16-5-2-1-3-6-16/h1-3,5-6,8-9,15H,4,7,10-14H2. The van der Waals surface area contributed by atoms with Crippen molar-refractivity contribution in [2.75, 3.05) is 37.6 Å². The molecule has 2 aromatic heterocycles. The monoisotopic (exact) mass is 394 g/mol. The van der Waals surface area contributed by atoms with Gasteiger partial charge in [0.1, 0.15) is 0 Å². The van der Waals surface area contributed by atoms with Crippen molar-refractivity contribution in [1.82, 2.24) is 30.1 Å². The summed E-state index contributed by atoms with van der Waals surface area (Å²) in [6, 6.07) is 13.1. The van der Waals surface area contributed by atoms with E-state index in [0.717, 1.165) is 62.8 Å². The van der Waals surface area contributed by atoms with Gasteiger partial charge in [-0.3, -0.25) is 4.90 Å². The zero-order valence-corrected chi connectivity index (χ0v) is 16.0. The van der Waals surface area contributed by atoms with Crippen LogP contribution in [0.4, 0.5) is 11.5 Å². The Labute approximate surface area is 167 Å². The van der Waals surface area contributed by atoms with Crippen LogP contribution in [0.1, 0.15) is 12.2 Å². The fourth-order valence-corrected chi connectivity index (χ4v) is 3.50. The van der Waals surface area contributed by atoms with Gasteiger partial charge in [0.15, 0.2) is 12.0 Å². The predicted octanol–water partition coefficient (Wildman–Crippen LogP) is 1.72. The van der Waals surface area contributed by atoms with E-state index in [1.54, 1.807) is 16.9 Å². The number of aryl methyl sites for hydroxylation is 1. The highest BCUT2D eigenvalue weighted by atomic mass is 16.6. The van der Waals surface area contributed by atoms with Crippen molar-refractivity contribution in [2.45, 2.75) is 12.8 Å². The molecule has 0 saturated carbocycles. The average Bonchev–Trinajstić information content (AvgIpc) is 3.23. The molecule has 1 aromatic carbocycles. The lowest BCUT2D eigenvalue weighted by Gasteiger charge is -2.35.